The van der Waals surface area contributed by atoms with Crippen LogP contribution in [0.2, 0.25) is 0 Å². The third-order valence-corrected chi connectivity index (χ3v) is 5.59. The van der Waals surface area contributed by atoms with Gasteiger partial charge >= 0.3 is 0 Å². The van der Waals surface area contributed by atoms with Crippen molar-refractivity contribution in [3.63, 3.8) is 0 Å². The maximum Gasteiger partial charge on any atom is 0.255 e. The number of carbonyl (C=O) groups excluding carboxylic acids is 2. The van der Waals surface area contributed by atoms with Crippen LogP contribution in [0.4, 0.5) is 5.69 Å². The van der Waals surface area contributed by atoms with Crippen molar-refractivity contribution in [2.24, 2.45) is 0 Å². The second kappa shape index (κ2) is 12.2. The van der Waals surface area contributed by atoms with E-state index in [2.05, 4.69) is 29.4 Å². The fraction of sp³-hybridized carbons (Fsp3) is 0.440. The monoisotopic (exact) mass is 439 g/mol. The normalized spacial score (nSPS) is 15.5. The molecular weight excluding hydrogens is 406 g/mol. The Morgan fingerprint density at radius 2 is 1.66 bits per heavy atom. The maximum atomic E-state index is 12.5. The van der Waals surface area contributed by atoms with Crippen molar-refractivity contribution in [2.75, 3.05) is 44.7 Å². The molecule has 7 nitrogen and oxygen atoms in total. The Balaban J connectivity index is 1.45. The predicted molar refractivity (Wildman–Crippen MR) is 125 cm³/mol. The molecule has 1 aliphatic rings. The summed E-state index contributed by atoms with van der Waals surface area (Å²) in [6.07, 6.45) is 2.26. The molecule has 7 heteroatoms. The highest BCUT2D eigenvalue weighted by Crippen LogP contribution is 2.18. The highest BCUT2D eigenvalue weighted by molar-refractivity contribution is 6.04. The number of amides is 2. The lowest BCUT2D eigenvalue weighted by Gasteiger charge is -2.18. The van der Waals surface area contributed by atoms with Crippen molar-refractivity contribution in [3.8, 4) is 5.75 Å². The van der Waals surface area contributed by atoms with Gasteiger partial charge in [-0.3, -0.25) is 9.59 Å². The Morgan fingerprint density at radius 3 is 2.28 bits per heavy atom. The highest BCUT2D eigenvalue weighted by atomic mass is 16.5. The van der Waals surface area contributed by atoms with Crippen molar-refractivity contribution in [1.82, 2.24) is 10.2 Å². The molecule has 1 fully saturated rings. The summed E-state index contributed by atoms with van der Waals surface area (Å²) in [4.78, 5) is 27.1. The van der Waals surface area contributed by atoms with Gasteiger partial charge in [0.25, 0.3) is 11.8 Å². The average Bonchev–Trinajstić information content (AvgIpc) is 3.35. The summed E-state index contributed by atoms with van der Waals surface area (Å²) in [7, 11) is 0. The first-order valence-electron chi connectivity index (χ1n) is 11.4. The van der Waals surface area contributed by atoms with Gasteiger partial charge in [0.15, 0.2) is 0 Å². The minimum atomic E-state index is -0.216. The van der Waals surface area contributed by atoms with Gasteiger partial charge in [0, 0.05) is 36.5 Å². The van der Waals surface area contributed by atoms with Gasteiger partial charge in [-0.05, 0) is 74.5 Å². The second-order valence-electron chi connectivity index (χ2n) is 7.78. The van der Waals surface area contributed by atoms with E-state index in [1.807, 2.05) is 0 Å². The number of likely N-dealkylation sites (N-methyl/N-ethyl adjacent to an activating group) is 1. The van der Waals surface area contributed by atoms with Crippen molar-refractivity contribution in [1.29, 1.82) is 0 Å². The summed E-state index contributed by atoms with van der Waals surface area (Å²) >= 11 is 0. The van der Waals surface area contributed by atoms with E-state index in [0.717, 1.165) is 39.1 Å². The molecule has 0 saturated carbocycles. The number of carbonyl (C=O) groups is 2. The molecule has 172 valence electrons. The molecule has 0 aromatic heterocycles. The summed E-state index contributed by atoms with van der Waals surface area (Å²) in [5.74, 6) is 0.383. The molecule has 1 unspecified atom stereocenters. The molecule has 1 saturated heterocycles. The fourth-order valence-electron chi connectivity index (χ4n) is 3.55. The van der Waals surface area contributed by atoms with Crippen LogP contribution in [0.1, 0.15) is 47.4 Å². The van der Waals surface area contributed by atoms with Crippen molar-refractivity contribution in [2.45, 2.75) is 32.8 Å². The molecule has 1 aliphatic heterocycles. The largest absolute Gasteiger partial charge is 0.491 e. The average molecular weight is 440 g/mol. The molecular formula is C25H33N3O4. The molecule has 0 bridgehead atoms. The maximum absolute atomic E-state index is 12.5. The molecule has 2 N–H and O–H groups in total. The van der Waals surface area contributed by atoms with Crippen LogP contribution < -0.4 is 15.4 Å². The minimum Gasteiger partial charge on any atom is -0.491 e. The smallest absolute Gasteiger partial charge is 0.255 e. The van der Waals surface area contributed by atoms with Crippen molar-refractivity contribution >= 4 is 17.5 Å². The van der Waals surface area contributed by atoms with E-state index in [1.165, 1.54) is 0 Å². The number of nitrogens with one attached hydrogen (secondary N) is 2. The lowest BCUT2D eigenvalue weighted by atomic mass is 10.1. The van der Waals surface area contributed by atoms with Gasteiger partial charge in [-0.25, -0.2) is 0 Å². The third-order valence-electron chi connectivity index (χ3n) is 5.59. The van der Waals surface area contributed by atoms with Crippen LogP contribution in [-0.2, 0) is 4.74 Å². The number of hydrogen-bond acceptors (Lipinski definition) is 5. The summed E-state index contributed by atoms with van der Waals surface area (Å²) in [6.45, 7) is 8.89. The zero-order valence-corrected chi connectivity index (χ0v) is 18.9. The number of rotatable bonds is 11. The molecule has 2 aromatic carbocycles. The van der Waals surface area contributed by atoms with Gasteiger partial charge < -0.3 is 25.0 Å². The van der Waals surface area contributed by atoms with E-state index in [9.17, 15) is 9.59 Å². The first-order valence-corrected chi connectivity index (χ1v) is 11.4. The number of nitrogens with zero attached hydrogens (tertiary/aromatic N) is 1. The van der Waals surface area contributed by atoms with E-state index < -0.39 is 0 Å². The summed E-state index contributed by atoms with van der Waals surface area (Å²) < 4.78 is 11.3. The van der Waals surface area contributed by atoms with E-state index >= 15 is 0 Å². The Labute approximate surface area is 190 Å². The zero-order chi connectivity index (χ0) is 22.8. The lowest BCUT2D eigenvalue weighted by molar-refractivity contribution is 0.0679. The Kier molecular flexibility index (Phi) is 9.07. The molecule has 0 spiro atoms. The quantitative estimate of drug-likeness (QED) is 0.560. The molecule has 1 atom stereocenters. The van der Waals surface area contributed by atoms with Crippen LogP contribution >= 0.6 is 0 Å². The molecule has 3 rings (SSSR count). The summed E-state index contributed by atoms with van der Waals surface area (Å²) in [5.41, 5.74) is 1.73. The Bertz CT molecular complexity index is 858. The van der Waals surface area contributed by atoms with Crippen molar-refractivity contribution < 1.29 is 19.1 Å². The van der Waals surface area contributed by atoms with Crippen molar-refractivity contribution in [3.05, 3.63) is 59.7 Å². The van der Waals surface area contributed by atoms with E-state index in [0.29, 0.717) is 35.7 Å². The molecule has 0 aliphatic carbocycles. The first kappa shape index (κ1) is 23.8. The standard InChI is InChI=1S/C25H33N3O4/c1-3-28(4-2)16-15-26-24(29)19-7-11-21(12-8-19)27-25(30)20-9-13-22(14-10-20)32-18-23-6-5-17-31-23/h7-14,23H,3-6,15-18H2,1-2H3,(H,26,29)(H,27,30). The first-order chi connectivity index (χ1) is 15.6. The Hall–Kier alpha value is -2.90. The number of ether oxygens (including phenoxy) is 2. The molecule has 2 aromatic rings. The van der Waals surface area contributed by atoms with Gasteiger partial charge in [-0.2, -0.15) is 0 Å². The lowest BCUT2D eigenvalue weighted by Crippen LogP contribution is -2.34. The van der Waals surface area contributed by atoms with Gasteiger partial charge in [-0.15, -0.1) is 0 Å². The SMILES string of the molecule is CCN(CC)CCNC(=O)c1ccc(NC(=O)c2ccc(OCC3CCCO3)cc2)cc1. The molecule has 0 radical (unpaired) electrons. The van der Waals surface area contributed by atoms with Crippen LogP contribution in [0, 0.1) is 0 Å². The van der Waals surface area contributed by atoms with E-state index in [1.54, 1.807) is 48.5 Å². The van der Waals surface area contributed by atoms with Crippen LogP contribution in [0.3, 0.4) is 0 Å². The molecule has 2 amide bonds. The second-order valence-corrected chi connectivity index (χ2v) is 7.78. The number of benzene rings is 2. The van der Waals surface area contributed by atoms with Crippen LogP contribution in [0.25, 0.3) is 0 Å². The zero-order valence-electron chi connectivity index (χ0n) is 18.9. The van der Waals surface area contributed by atoms with Crippen LogP contribution in [0.5, 0.6) is 5.75 Å². The van der Waals surface area contributed by atoms with Crippen LogP contribution in [-0.4, -0.2) is 62.2 Å². The van der Waals surface area contributed by atoms with Gasteiger partial charge in [0.1, 0.15) is 12.4 Å². The van der Waals surface area contributed by atoms with Gasteiger partial charge in [0.05, 0.1) is 6.10 Å². The van der Waals surface area contributed by atoms with Crippen LogP contribution in [0.15, 0.2) is 48.5 Å². The highest BCUT2D eigenvalue weighted by Gasteiger charge is 2.16. The fourth-order valence-corrected chi connectivity index (χ4v) is 3.55. The predicted octanol–water partition coefficient (Wildman–Crippen LogP) is 3.57. The summed E-state index contributed by atoms with van der Waals surface area (Å²) in [5, 5.41) is 5.79. The van der Waals surface area contributed by atoms with Gasteiger partial charge in [0.2, 0.25) is 0 Å². The minimum absolute atomic E-state index is 0.117. The molecule has 32 heavy (non-hydrogen) atoms. The van der Waals surface area contributed by atoms with E-state index in [4.69, 9.17) is 9.47 Å². The number of anilines is 1. The molecule has 1 heterocycles. The topological polar surface area (TPSA) is 79.9 Å². The summed E-state index contributed by atoms with van der Waals surface area (Å²) in [6, 6.07) is 13.9. The third kappa shape index (κ3) is 7.07. The van der Waals surface area contributed by atoms with Gasteiger partial charge in [-0.1, -0.05) is 13.8 Å². The number of hydrogen-bond donors (Lipinski definition) is 2. The Morgan fingerprint density at radius 1 is 1.00 bits per heavy atom. The van der Waals surface area contributed by atoms with E-state index in [-0.39, 0.29) is 17.9 Å².